The van der Waals surface area contributed by atoms with Gasteiger partial charge in [-0.3, -0.25) is 4.79 Å². The first-order valence-corrected chi connectivity index (χ1v) is 16.2. The number of ether oxygens (including phenoxy) is 2. The number of likely N-dealkylation sites (tertiary alicyclic amines) is 1. The van der Waals surface area contributed by atoms with Crippen LogP contribution in [0.1, 0.15) is 64.8 Å². The van der Waals surface area contributed by atoms with E-state index < -0.39 is 17.7 Å². The Morgan fingerprint density at radius 1 is 1.30 bits per heavy atom. The molecule has 3 aromatic rings. The van der Waals surface area contributed by atoms with Crippen molar-refractivity contribution in [3.05, 3.63) is 54.2 Å². The third-order valence-electron chi connectivity index (χ3n) is 8.49. The van der Waals surface area contributed by atoms with Gasteiger partial charge in [0.2, 0.25) is 35.2 Å². The maximum absolute atomic E-state index is 14.4. The molecule has 1 N–H and O–H groups in total. The second-order valence-electron chi connectivity index (χ2n) is 12.4. The number of nitrogens with zero attached hydrogens (tertiary/aromatic N) is 5. The van der Waals surface area contributed by atoms with Gasteiger partial charge in [-0.2, -0.15) is 15.0 Å². The van der Waals surface area contributed by atoms with Crippen LogP contribution in [-0.2, 0) is 10.2 Å². The van der Waals surface area contributed by atoms with Crippen LogP contribution in [0.2, 0.25) is 0 Å². The average molecular weight is 669 g/mol. The molecule has 252 valence electrons. The number of benzene rings is 1. The molecule has 13 heteroatoms. The topological polar surface area (TPSA) is 116 Å². The molecule has 0 spiro atoms. The fourth-order valence-electron chi connectivity index (χ4n) is 5.63. The Balaban J connectivity index is 1.65. The predicted molar refractivity (Wildman–Crippen MR) is 179 cm³/mol. The summed E-state index contributed by atoms with van der Waals surface area (Å²) < 4.78 is 47.0. The number of alkyl halides is 1. The van der Waals surface area contributed by atoms with Gasteiger partial charge in [-0.05, 0) is 57.9 Å². The molecule has 3 heterocycles. The maximum Gasteiger partial charge on any atom is 0.246 e. The molecule has 0 radical (unpaired) electrons. The number of aromatic nitrogens is 4. The second-order valence-corrected chi connectivity index (χ2v) is 12.9. The van der Waals surface area contributed by atoms with Crippen molar-refractivity contribution >= 4 is 20.5 Å². The molecule has 1 saturated heterocycles. The summed E-state index contributed by atoms with van der Waals surface area (Å²) in [5.74, 6) is 2.77. The van der Waals surface area contributed by atoms with Crippen molar-refractivity contribution in [2.45, 2.75) is 83.2 Å². The Morgan fingerprint density at radius 2 is 2.04 bits per heavy atom. The quantitative estimate of drug-likeness (QED) is 0.147. The predicted octanol–water partition coefficient (Wildman–Crippen LogP) is 4.79. The third kappa shape index (κ3) is 8.70. The van der Waals surface area contributed by atoms with Crippen LogP contribution in [0.25, 0.3) is 11.6 Å². The van der Waals surface area contributed by atoms with Gasteiger partial charge in [0.1, 0.15) is 24.2 Å². The van der Waals surface area contributed by atoms with E-state index in [1.165, 1.54) is 12.1 Å². The first-order chi connectivity index (χ1) is 22.4. The summed E-state index contributed by atoms with van der Waals surface area (Å²) in [6.45, 7) is 11.8. The number of rotatable bonds is 14. The maximum atomic E-state index is 14.4. The molecule has 0 aliphatic carbocycles. The molecular weight excluding hydrogens is 625 g/mol. The lowest BCUT2D eigenvalue weighted by molar-refractivity contribution is -0.130. The zero-order valence-corrected chi connectivity index (χ0v) is 28.7. The van der Waals surface area contributed by atoms with Crippen LogP contribution >= 0.6 is 9.24 Å². The first-order valence-electron chi connectivity index (χ1n) is 15.6. The van der Waals surface area contributed by atoms with E-state index in [1.54, 1.807) is 30.1 Å². The average Bonchev–Trinajstić information content (AvgIpc) is 3.54. The Labute approximate surface area is 277 Å². The lowest BCUT2D eigenvalue weighted by Crippen LogP contribution is -2.48. The fraction of sp³-hybridized carbons (Fsp3) is 0.500. The minimum Gasteiger partial charge on any atom is -0.474 e. The highest BCUT2D eigenvalue weighted by atomic mass is 31.0. The number of hydrogen-bond donors (Lipinski definition) is 1. The highest BCUT2D eigenvalue weighted by molar-refractivity contribution is 7.27. The summed E-state index contributed by atoms with van der Waals surface area (Å²) in [5, 5.41) is 7.41. The molecule has 1 aliphatic rings. The summed E-state index contributed by atoms with van der Waals surface area (Å²) in [6, 6.07) is 6.16. The van der Waals surface area contributed by atoms with E-state index in [4.69, 9.17) is 20.4 Å². The summed E-state index contributed by atoms with van der Waals surface area (Å²) >= 11 is 0. The van der Waals surface area contributed by atoms with Crippen molar-refractivity contribution in [1.82, 2.24) is 30.3 Å². The molecule has 0 bridgehead atoms. The number of nitrogens with one attached hydrogen (secondary N) is 1. The van der Waals surface area contributed by atoms with Crippen molar-refractivity contribution in [1.29, 1.82) is 0 Å². The summed E-state index contributed by atoms with van der Waals surface area (Å²) in [4.78, 5) is 27.9. The number of amides is 1. The summed E-state index contributed by atoms with van der Waals surface area (Å²) in [5.41, 5.74) is -0.184. The van der Waals surface area contributed by atoms with Gasteiger partial charge in [0.15, 0.2) is 0 Å². The van der Waals surface area contributed by atoms with E-state index in [0.717, 1.165) is 0 Å². The standard InChI is InChI=1S/C34H43F2N6O4P/c1-8-11-23-17-24(14-15-42(23)29(43)9-2)45-28-18-27(44-21(4)20(3)16-22(35)19-37-7)38-31(39-28)32-40-33(46-41-32)34(5,6)25-12-10-13-26(36)30(25)47/h1,9-10,12-13,18,20-24,37H,2,11,14-17,19,47H2,3-7H3/t20-,21-,22+,23+,24-/m0/s1. The number of carbonyl (C=O) groups is 1. The van der Waals surface area contributed by atoms with Gasteiger partial charge >= 0.3 is 0 Å². The third-order valence-corrected chi connectivity index (χ3v) is 9.08. The van der Waals surface area contributed by atoms with Gasteiger partial charge in [-0.1, -0.05) is 30.8 Å². The van der Waals surface area contributed by atoms with E-state index in [-0.39, 0.29) is 65.6 Å². The molecule has 47 heavy (non-hydrogen) atoms. The number of carbonyl (C=O) groups excluding carboxylic acids is 1. The van der Waals surface area contributed by atoms with Gasteiger partial charge in [-0.15, -0.1) is 21.6 Å². The zero-order valence-electron chi connectivity index (χ0n) is 27.5. The van der Waals surface area contributed by atoms with Crippen LogP contribution in [0.15, 0.2) is 41.4 Å². The van der Waals surface area contributed by atoms with Crippen molar-refractivity contribution < 1.29 is 27.6 Å². The number of terminal acetylenes is 1. The van der Waals surface area contributed by atoms with Gasteiger partial charge in [0, 0.05) is 43.7 Å². The van der Waals surface area contributed by atoms with E-state index >= 15 is 0 Å². The second kappa shape index (κ2) is 15.8. The summed E-state index contributed by atoms with van der Waals surface area (Å²) in [6.07, 6.45) is 6.84. The van der Waals surface area contributed by atoms with Crippen LogP contribution in [0.3, 0.4) is 0 Å². The van der Waals surface area contributed by atoms with E-state index in [1.807, 2.05) is 27.7 Å². The molecule has 1 unspecified atom stereocenters. The van der Waals surface area contributed by atoms with Crippen molar-refractivity contribution in [2.24, 2.45) is 5.92 Å². The van der Waals surface area contributed by atoms with Gasteiger partial charge in [0.25, 0.3) is 0 Å². The van der Waals surface area contributed by atoms with Crippen molar-refractivity contribution in [2.75, 3.05) is 20.1 Å². The molecule has 2 aromatic heterocycles. The minimum atomic E-state index is -1.03. The molecule has 1 aromatic carbocycles. The van der Waals surface area contributed by atoms with E-state index in [0.29, 0.717) is 43.1 Å². The van der Waals surface area contributed by atoms with Crippen LogP contribution in [-0.4, -0.2) is 75.5 Å². The van der Waals surface area contributed by atoms with Crippen LogP contribution in [0.5, 0.6) is 11.8 Å². The Kier molecular flexibility index (Phi) is 12.0. The smallest absolute Gasteiger partial charge is 0.246 e. The fourth-order valence-corrected chi connectivity index (χ4v) is 6.18. The lowest BCUT2D eigenvalue weighted by atomic mass is 9.84. The number of piperidine rings is 1. The van der Waals surface area contributed by atoms with Crippen LogP contribution < -0.4 is 20.1 Å². The van der Waals surface area contributed by atoms with Crippen molar-refractivity contribution in [3.63, 3.8) is 0 Å². The van der Waals surface area contributed by atoms with E-state index in [9.17, 15) is 13.6 Å². The number of halogens is 2. The number of hydrogen-bond acceptors (Lipinski definition) is 9. The van der Waals surface area contributed by atoms with Crippen LogP contribution in [0.4, 0.5) is 8.78 Å². The Hall–Kier alpha value is -3.94. The molecule has 1 aliphatic heterocycles. The molecule has 6 atom stereocenters. The SMILES string of the molecule is C#CC[C@@H]1C[C@@H](Oc2cc(O[C@@H](C)[C@@H](C)C[C@@H](F)CNC)nc(-c3noc(C(C)(C)c4cccc(F)c4P)n3)n2)CCN1C(=O)C=C. The van der Waals surface area contributed by atoms with Gasteiger partial charge < -0.3 is 24.2 Å². The largest absolute Gasteiger partial charge is 0.474 e. The molecule has 1 amide bonds. The van der Waals surface area contributed by atoms with Gasteiger partial charge in [-0.25, -0.2) is 8.78 Å². The summed E-state index contributed by atoms with van der Waals surface area (Å²) in [7, 11) is 4.14. The zero-order chi connectivity index (χ0) is 34.3. The molecule has 1 fully saturated rings. The molecule has 10 nitrogen and oxygen atoms in total. The van der Waals surface area contributed by atoms with E-state index in [2.05, 4.69) is 47.2 Å². The normalized spacial score (nSPS) is 18.6. The first kappa shape index (κ1) is 35.9. The molecular formula is C34H43F2N6O4P. The lowest BCUT2D eigenvalue weighted by Gasteiger charge is -2.38. The minimum absolute atomic E-state index is 0.0836. The molecule has 4 rings (SSSR count). The molecule has 0 saturated carbocycles. The monoisotopic (exact) mass is 668 g/mol. The highest BCUT2D eigenvalue weighted by Gasteiger charge is 2.34. The highest BCUT2D eigenvalue weighted by Crippen LogP contribution is 2.33. The Morgan fingerprint density at radius 3 is 2.74 bits per heavy atom. The van der Waals surface area contributed by atoms with Crippen molar-refractivity contribution in [3.8, 4) is 35.8 Å². The van der Waals surface area contributed by atoms with Gasteiger partial charge in [0.05, 0.1) is 11.5 Å². The Bertz CT molecular complexity index is 1590. The van der Waals surface area contributed by atoms with Crippen LogP contribution in [0, 0.1) is 24.1 Å².